The van der Waals surface area contributed by atoms with Crippen LogP contribution in [0.25, 0.3) is 5.76 Å². The highest BCUT2D eigenvalue weighted by Crippen LogP contribution is 2.42. The Morgan fingerprint density at radius 3 is 2.49 bits per heavy atom. The van der Waals surface area contributed by atoms with Gasteiger partial charge in [0, 0.05) is 17.8 Å². The molecule has 1 aromatic heterocycles. The number of aliphatic hydroxyl groups is 1. The summed E-state index contributed by atoms with van der Waals surface area (Å²) in [7, 11) is 0. The summed E-state index contributed by atoms with van der Waals surface area (Å²) in [6.07, 6.45) is 4.51. The van der Waals surface area contributed by atoms with Gasteiger partial charge in [-0.25, -0.2) is 8.78 Å². The highest BCUT2D eigenvalue weighted by Gasteiger charge is 2.48. The predicted octanol–water partition coefficient (Wildman–Crippen LogP) is 5.56. The minimum absolute atomic E-state index is 0.242. The van der Waals surface area contributed by atoms with Crippen LogP contribution in [0.2, 0.25) is 0 Å². The average molecular weight is 478 g/mol. The van der Waals surface area contributed by atoms with Crippen molar-refractivity contribution in [3.63, 3.8) is 0 Å². The van der Waals surface area contributed by atoms with Crippen LogP contribution < -0.4 is 9.64 Å². The third kappa shape index (κ3) is 4.91. The molecule has 2 heterocycles. The molecule has 1 amide bonds. The van der Waals surface area contributed by atoms with E-state index in [4.69, 9.17) is 4.74 Å². The molecule has 0 aliphatic carbocycles. The summed E-state index contributed by atoms with van der Waals surface area (Å²) >= 11 is 0. The minimum Gasteiger partial charge on any atom is -0.507 e. The molecule has 2 aromatic carbocycles. The Kier molecular flexibility index (Phi) is 7.19. The van der Waals surface area contributed by atoms with E-state index in [2.05, 4.69) is 11.9 Å². The number of amides is 1. The smallest absolute Gasteiger partial charge is 0.300 e. The maximum atomic E-state index is 14.7. The molecule has 35 heavy (non-hydrogen) atoms. The van der Waals surface area contributed by atoms with Gasteiger partial charge in [-0.15, -0.1) is 0 Å². The second kappa shape index (κ2) is 10.5. The summed E-state index contributed by atoms with van der Waals surface area (Å²) in [5, 5.41) is 11.1. The summed E-state index contributed by atoms with van der Waals surface area (Å²) < 4.78 is 33.9. The van der Waals surface area contributed by atoms with E-state index in [1.807, 2.05) is 0 Å². The van der Waals surface area contributed by atoms with E-state index in [9.17, 15) is 23.5 Å². The van der Waals surface area contributed by atoms with Gasteiger partial charge in [0.15, 0.2) is 0 Å². The lowest BCUT2D eigenvalue weighted by Gasteiger charge is -2.25. The molecule has 1 aliphatic heterocycles. The van der Waals surface area contributed by atoms with Gasteiger partial charge in [-0.1, -0.05) is 25.8 Å². The van der Waals surface area contributed by atoms with Gasteiger partial charge in [0.2, 0.25) is 0 Å². The molecular formula is C27H24F2N2O4. The van der Waals surface area contributed by atoms with Crippen molar-refractivity contribution in [3.05, 3.63) is 95.3 Å². The zero-order valence-electron chi connectivity index (χ0n) is 19.1. The first-order valence-electron chi connectivity index (χ1n) is 11.3. The van der Waals surface area contributed by atoms with Gasteiger partial charge in [-0.05, 0) is 55.0 Å². The van der Waals surface area contributed by atoms with Gasteiger partial charge >= 0.3 is 0 Å². The zero-order valence-corrected chi connectivity index (χ0v) is 19.1. The number of halogens is 2. The second-order valence-electron chi connectivity index (χ2n) is 8.10. The number of benzene rings is 2. The number of ether oxygens (including phenoxy) is 1. The number of carbonyl (C=O) groups excluding carboxylic acids is 2. The average Bonchev–Trinajstić information content (AvgIpc) is 3.13. The van der Waals surface area contributed by atoms with Crippen molar-refractivity contribution in [2.24, 2.45) is 0 Å². The molecule has 6 nitrogen and oxygen atoms in total. The third-order valence-electron chi connectivity index (χ3n) is 5.73. The fourth-order valence-corrected chi connectivity index (χ4v) is 3.98. The van der Waals surface area contributed by atoms with Crippen molar-refractivity contribution in [2.75, 3.05) is 11.5 Å². The first-order chi connectivity index (χ1) is 16.9. The van der Waals surface area contributed by atoms with Crippen LogP contribution in [-0.2, 0) is 9.59 Å². The molecule has 180 valence electrons. The Balaban J connectivity index is 1.76. The Hall–Kier alpha value is -4.07. The molecule has 1 saturated heterocycles. The normalized spacial score (nSPS) is 17.1. The summed E-state index contributed by atoms with van der Waals surface area (Å²) in [6.45, 7) is 2.66. The standard InChI is InChI=1S/C27H24F2N2O4/c1-2-3-6-15-35-19-11-8-17(9-12-19)25(32)23-24(21-7-4-5-14-30-21)31(27(34)26(23)33)22-13-10-18(28)16-20(22)29/h4-5,7-14,16,24,32H,2-3,6,15H2,1H3/b25-23+. The van der Waals surface area contributed by atoms with E-state index in [1.54, 1.807) is 42.5 Å². The number of ketones is 1. The van der Waals surface area contributed by atoms with Crippen LogP contribution in [0, 0.1) is 11.6 Å². The summed E-state index contributed by atoms with van der Waals surface area (Å²) in [6, 6.07) is 12.8. The second-order valence-corrected chi connectivity index (χ2v) is 8.10. The number of aliphatic hydroxyl groups excluding tert-OH is 1. The number of carbonyl (C=O) groups is 2. The van der Waals surface area contributed by atoms with Crippen molar-refractivity contribution >= 4 is 23.1 Å². The van der Waals surface area contributed by atoms with Crippen LogP contribution in [0.3, 0.4) is 0 Å². The van der Waals surface area contributed by atoms with Crippen molar-refractivity contribution in [2.45, 2.75) is 32.2 Å². The molecule has 4 rings (SSSR count). The van der Waals surface area contributed by atoms with E-state index < -0.39 is 35.1 Å². The van der Waals surface area contributed by atoms with Gasteiger partial charge in [-0.3, -0.25) is 19.5 Å². The quantitative estimate of drug-likeness (QED) is 0.199. The van der Waals surface area contributed by atoms with Crippen molar-refractivity contribution in [3.8, 4) is 5.75 Å². The summed E-state index contributed by atoms with van der Waals surface area (Å²) in [5.74, 6) is -3.72. The monoisotopic (exact) mass is 478 g/mol. The highest BCUT2D eigenvalue weighted by molar-refractivity contribution is 6.51. The Labute approximate surface area is 201 Å². The third-order valence-corrected chi connectivity index (χ3v) is 5.73. The van der Waals surface area contributed by atoms with Crippen molar-refractivity contribution in [1.29, 1.82) is 0 Å². The molecule has 0 saturated carbocycles. The van der Waals surface area contributed by atoms with Crippen molar-refractivity contribution in [1.82, 2.24) is 4.98 Å². The Bertz CT molecular complexity index is 1260. The molecule has 0 spiro atoms. The SMILES string of the molecule is CCCCCOc1ccc(/C(O)=C2\C(=O)C(=O)N(c3ccc(F)cc3F)C2c2ccccn2)cc1. The fourth-order valence-electron chi connectivity index (χ4n) is 3.98. The number of rotatable bonds is 8. The van der Waals surface area contributed by atoms with E-state index in [-0.39, 0.29) is 22.5 Å². The van der Waals surface area contributed by atoms with E-state index >= 15 is 0 Å². The maximum Gasteiger partial charge on any atom is 0.300 e. The van der Waals surface area contributed by atoms with Crippen LogP contribution in [0.15, 0.2) is 72.4 Å². The number of pyridine rings is 1. The lowest BCUT2D eigenvalue weighted by atomic mass is 9.98. The lowest BCUT2D eigenvalue weighted by Crippen LogP contribution is -2.30. The molecular weight excluding hydrogens is 454 g/mol. The molecule has 0 radical (unpaired) electrons. The van der Waals surface area contributed by atoms with Crippen LogP contribution in [-0.4, -0.2) is 28.4 Å². The number of hydrogen-bond acceptors (Lipinski definition) is 5. The molecule has 8 heteroatoms. The molecule has 3 aromatic rings. The number of anilines is 1. The fraction of sp³-hybridized carbons (Fsp3) is 0.222. The van der Waals surface area contributed by atoms with Gasteiger partial charge in [-0.2, -0.15) is 0 Å². The van der Waals surface area contributed by atoms with Crippen LogP contribution >= 0.6 is 0 Å². The molecule has 1 fully saturated rings. The number of aromatic nitrogens is 1. The Morgan fingerprint density at radius 2 is 1.83 bits per heavy atom. The van der Waals surface area contributed by atoms with Gasteiger partial charge in [0.05, 0.1) is 23.6 Å². The van der Waals surface area contributed by atoms with Gasteiger partial charge < -0.3 is 9.84 Å². The Morgan fingerprint density at radius 1 is 1.06 bits per heavy atom. The highest BCUT2D eigenvalue weighted by atomic mass is 19.1. The number of hydrogen-bond donors (Lipinski definition) is 1. The molecule has 0 bridgehead atoms. The zero-order chi connectivity index (χ0) is 24.9. The molecule has 1 atom stereocenters. The minimum atomic E-state index is -1.21. The van der Waals surface area contributed by atoms with Crippen LogP contribution in [0.4, 0.5) is 14.5 Å². The molecule has 1 unspecified atom stereocenters. The van der Waals surface area contributed by atoms with Crippen LogP contribution in [0.5, 0.6) is 5.75 Å². The number of unbranched alkanes of at least 4 members (excludes halogenated alkanes) is 2. The number of Topliss-reactive ketones (excluding diaryl/α,β-unsaturated/α-hetero) is 1. The van der Waals surface area contributed by atoms with Gasteiger partial charge in [0.1, 0.15) is 29.2 Å². The maximum absolute atomic E-state index is 14.7. The molecule has 1 aliphatic rings. The molecule has 1 N–H and O–H groups in total. The van der Waals surface area contributed by atoms with Crippen molar-refractivity contribution < 1.29 is 28.2 Å². The van der Waals surface area contributed by atoms with Crippen LogP contribution in [0.1, 0.15) is 43.5 Å². The van der Waals surface area contributed by atoms with E-state index in [1.165, 1.54) is 6.20 Å². The predicted molar refractivity (Wildman–Crippen MR) is 127 cm³/mol. The topological polar surface area (TPSA) is 79.7 Å². The van der Waals surface area contributed by atoms with E-state index in [0.717, 1.165) is 36.3 Å². The first kappa shape index (κ1) is 24.1. The number of nitrogens with zero attached hydrogens (tertiary/aromatic N) is 2. The summed E-state index contributed by atoms with van der Waals surface area (Å²) in [5.41, 5.74) is -0.00894. The largest absolute Gasteiger partial charge is 0.507 e. The lowest BCUT2D eigenvalue weighted by molar-refractivity contribution is -0.132. The van der Waals surface area contributed by atoms with Gasteiger partial charge in [0.25, 0.3) is 11.7 Å². The van der Waals surface area contributed by atoms with E-state index in [0.29, 0.717) is 18.4 Å². The first-order valence-corrected chi connectivity index (χ1v) is 11.3. The summed E-state index contributed by atoms with van der Waals surface area (Å²) in [4.78, 5) is 31.2.